The van der Waals surface area contributed by atoms with Crippen LogP contribution in [0.1, 0.15) is 29.6 Å². The number of hydrogen-bond acceptors (Lipinski definition) is 4. The Hall–Kier alpha value is -2.63. The number of fused-ring (bicyclic) bond motifs is 1. The van der Waals surface area contributed by atoms with E-state index in [9.17, 15) is 9.59 Å². The molecule has 1 N–H and O–H groups in total. The monoisotopic (exact) mass is 313 g/mol. The van der Waals surface area contributed by atoms with E-state index in [1.54, 1.807) is 4.90 Å². The largest absolute Gasteiger partial charge is 0.445 e. The first-order chi connectivity index (χ1) is 11.2. The van der Waals surface area contributed by atoms with Crippen molar-refractivity contribution in [3.05, 3.63) is 63.3 Å². The molecule has 1 aromatic heterocycles. The second-order valence-corrected chi connectivity index (χ2v) is 5.50. The topological polar surface area (TPSA) is 75.3 Å². The van der Waals surface area contributed by atoms with Crippen LogP contribution in [0.4, 0.5) is 4.79 Å². The number of aryl methyl sites for hydroxylation is 1. The number of amides is 1. The van der Waals surface area contributed by atoms with Crippen molar-refractivity contribution >= 4 is 6.09 Å². The summed E-state index contributed by atoms with van der Waals surface area (Å²) in [5.41, 5.74) is 2.20. The zero-order valence-electron chi connectivity index (χ0n) is 13.0. The van der Waals surface area contributed by atoms with Crippen LogP contribution in [0.3, 0.4) is 0 Å². The van der Waals surface area contributed by atoms with E-state index in [0.717, 1.165) is 5.56 Å². The molecule has 0 saturated carbocycles. The molecule has 0 spiro atoms. The van der Waals surface area contributed by atoms with E-state index >= 15 is 0 Å². The second-order valence-electron chi connectivity index (χ2n) is 5.50. The van der Waals surface area contributed by atoms with Crippen LogP contribution < -0.4 is 5.56 Å². The number of nitrogens with one attached hydrogen (secondary N) is 1. The normalized spacial score (nSPS) is 13.5. The molecule has 0 atom stereocenters. The number of carbonyl (C=O) groups is 1. The van der Waals surface area contributed by atoms with E-state index in [2.05, 4.69) is 9.97 Å². The lowest BCUT2D eigenvalue weighted by Crippen LogP contribution is -2.39. The Labute approximate surface area is 134 Å². The molecule has 23 heavy (non-hydrogen) atoms. The van der Waals surface area contributed by atoms with Crippen LogP contribution in [0.25, 0.3) is 0 Å². The van der Waals surface area contributed by atoms with Gasteiger partial charge in [-0.2, -0.15) is 0 Å². The molecule has 120 valence electrons. The number of H-pyrrole nitrogens is 1. The lowest BCUT2D eigenvalue weighted by molar-refractivity contribution is 0.0911. The van der Waals surface area contributed by atoms with Gasteiger partial charge < -0.3 is 14.6 Å². The van der Waals surface area contributed by atoms with Crippen LogP contribution in [-0.2, 0) is 30.7 Å². The molecule has 0 aliphatic carbocycles. The maximum Gasteiger partial charge on any atom is 0.410 e. The quantitative estimate of drug-likeness (QED) is 0.941. The number of aromatic nitrogens is 2. The van der Waals surface area contributed by atoms with Gasteiger partial charge in [0.15, 0.2) is 0 Å². The SMILES string of the molecule is CCc1nc2c(c(=O)[nH]1)CCN(C(=O)OCc1ccccc1)C2. The predicted octanol–water partition coefficient (Wildman–Crippen LogP) is 2.03. The molecule has 1 aliphatic rings. The molecule has 6 nitrogen and oxygen atoms in total. The van der Waals surface area contributed by atoms with E-state index in [1.807, 2.05) is 37.3 Å². The first-order valence-electron chi connectivity index (χ1n) is 7.74. The average Bonchev–Trinajstić information content (AvgIpc) is 2.60. The molecule has 2 aromatic rings. The van der Waals surface area contributed by atoms with Gasteiger partial charge in [-0.3, -0.25) is 4.79 Å². The molecular weight excluding hydrogens is 294 g/mol. The average molecular weight is 313 g/mol. The molecule has 0 radical (unpaired) electrons. The first kappa shape index (κ1) is 15.3. The van der Waals surface area contributed by atoms with Crippen molar-refractivity contribution in [2.45, 2.75) is 32.9 Å². The zero-order valence-corrected chi connectivity index (χ0v) is 13.0. The highest BCUT2D eigenvalue weighted by atomic mass is 16.6. The summed E-state index contributed by atoms with van der Waals surface area (Å²) in [7, 11) is 0. The van der Waals surface area contributed by atoms with Crippen molar-refractivity contribution in [1.82, 2.24) is 14.9 Å². The third-order valence-electron chi connectivity index (χ3n) is 3.92. The number of carbonyl (C=O) groups excluding carboxylic acids is 1. The summed E-state index contributed by atoms with van der Waals surface area (Å²) in [6.45, 7) is 2.96. The van der Waals surface area contributed by atoms with Crippen LogP contribution in [0.15, 0.2) is 35.1 Å². The summed E-state index contributed by atoms with van der Waals surface area (Å²) < 4.78 is 5.34. The standard InChI is InChI=1S/C17H19N3O3/c1-2-15-18-14-10-20(9-8-13(14)16(21)19-15)17(22)23-11-12-6-4-3-5-7-12/h3-7H,2,8-11H2,1H3,(H,18,19,21). The fraction of sp³-hybridized carbons (Fsp3) is 0.353. The van der Waals surface area contributed by atoms with Crippen molar-refractivity contribution < 1.29 is 9.53 Å². The van der Waals surface area contributed by atoms with Gasteiger partial charge >= 0.3 is 6.09 Å². The molecule has 0 bridgehead atoms. The summed E-state index contributed by atoms with van der Waals surface area (Å²) in [4.78, 5) is 33.0. The third kappa shape index (κ3) is 3.41. The predicted molar refractivity (Wildman–Crippen MR) is 85.0 cm³/mol. The molecule has 1 aromatic carbocycles. The minimum Gasteiger partial charge on any atom is -0.445 e. The van der Waals surface area contributed by atoms with Crippen LogP contribution in [0.5, 0.6) is 0 Å². The Morgan fingerprint density at radius 2 is 2.13 bits per heavy atom. The van der Waals surface area contributed by atoms with Crippen LogP contribution in [-0.4, -0.2) is 27.5 Å². The van der Waals surface area contributed by atoms with Gasteiger partial charge in [-0.15, -0.1) is 0 Å². The van der Waals surface area contributed by atoms with Gasteiger partial charge in [0.25, 0.3) is 5.56 Å². The van der Waals surface area contributed by atoms with E-state index in [1.165, 1.54) is 0 Å². The maximum absolute atomic E-state index is 12.2. The Morgan fingerprint density at radius 1 is 1.35 bits per heavy atom. The molecule has 3 rings (SSSR count). The van der Waals surface area contributed by atoms with Crippen LogP contribution >= 0.6 is 0 Å². The Bertz CT molecular complexity index is 755. The van der Waals surface area contributed by atoms with Gasteiger partial charge in [0.1, 0.15) is 12.4 Å². The van der Waals surface area contributed by atoms with E-state index < -0.39 is 0 Å². The van der Waals surface area contributed by atoms with Gasteiger partial charge in [-0.05, 0) is 12.0 Å². The fourth-order valence-corrected chi connectivity index (χ4v) is 2.62. The first-order valence-corrected chi connectivity index (χ1v) is 7.74. The summed E-state index contributed by atoms with van der Waals surface area (Å²) >= 11 is 0. The van der Waals surface area contributed by atoms with E-state index in [0.29, 0.717) is 43.0 Å². The second kappa shape index (κ2) is 6.64. The summed E-state index contributed by atoms with van der Waals surface area (Å²) in [5.74, 6) is 0.647. The number of aromatic amines is 1. The Morgan fingerprint density at radius 3 is 2.87 bits per heavy atom. The highest BCUT2D eigenvalue weighted by molar-refractivity contribution is 5.68. The van der Waals surface area contributed by atoms with Gasteiger partial charge in [0, 0.05) is 18.5 Å². The fourth-order valence-electron chi connectivity index (χ4n) is 2.62. The number of ether oxygens (including phenoxy) is 1. The molecule has 0 unspecified atom stereocenters. The highest BCUT2D eigenvalue weighted by Crippen LogP contribution is 2.15. The van der Waals surface area contributed by atoms with Crippen LogP contribution in [0, 0.1) is 0 Å². The van der Waals surface area contributed by atoms with Crippen molar-refractivity contribution in [3.8, 4) is 0 Å². The number of benzene rings is 1. The summed E-state index contributed by atoms with van der Waals surface area (Å²) in [6.07, 6.45) is 0.780. The lowest BCUT2D eigenvalue weighted by atomic mass is 10.1. The summed E-state index contributed by atoms with van der Waals surface area (Å²) in [5, 5.41) is 0. The molecular formula is C17H19N3O3. The molecule has 1 amide bonds. The van der Waals surface area contributed by atoms with Gasteiger partial charge in [0.05, 0.1) is 12.2 Å². The van der Waals surface area contributed by atoms with Gasteiger partial charge in [0.2, 0.25) is 0 Å². The lowest BCUT2D eigenvalue weighted by Gasteiger charge is -2.27. The zero-order chi connectivity index (χ0) is 16.2. The smallest absolute Gasteiger partial charge is 0.410 e. The van der Waals surface area contributed by atoms with Gasteiger partial charge in [-0.25, -0.2) is 9.78 Å². The van der Waals surface area contributed by atoms with Gasteiger partial charge in [-0.1, -0.05) is 37.3 Å². The Balaban J connectivity index is 1.68. The molecule has 2 heterocycles. The Kier molecular flexibility index (Phi) is 4.41. The van der Waals surface area contributed by atoms with Crippen LogP contribution in [0.2, 0.25) is 0 Å². The molecule has 0 fully saturated rings. The molecule has 0 saturated heterocycles. The van der Waals surface area contributed by atoms with Crippen molar-refractivity contribution in [2.24, 2.45) is 0 Å². The molecule has 1 aliphatic heterocycles. The number of nitrogens with zero attached hydrogens (tertiary/aromatic N) is 2. The van der Waals surface area contributed by atoms with E-state index in [-0.39, 0.29) is 18.3 Å². The molecule has 6 heteroatoms. The maximum atomic E-state index is 12.2. The highest BCUT2D eigenvalue weighted by Gasteiger charge is 2.25. The minimum absolute atomic E-state index is 0.0934. The van der Waals surface area contributed by atoms with E-state index in [4.69, 9.17) is 4.74 Å². The number of hydrogen-bond donors (Lipinski definition) is 1. The third-order valence-corrected chi connectivity index (χ3v) is 3.92. The van der Waals surface area contributed by atoms with Crippen molar-refractivity contribution in [1.29, 1.82) is 0 Å². The number of rotatable bonds is 3. The van der Waals surface area contributed by atoms with Crippen molar-refractivity contribution in [3.63, 3.8) is 0 Å². The van der Waals surface area contributed by atoms with Crippen molar-refractivity contribution in [2.75, 3.05) is 6.54 Å². The summed E-state index contributed by atoms with van der Waals surface area (Å²) in [6, 6.07) is 9.55. The minimum atomic E-state index is -0.375.